The minimum Gasteiger partial charge on any atom is -0.367 e. The zero-order valence-electron chi connectivity index (χ0n) is 12.6. The van der Waals surface area contributed by atoms with Crippen LogP contribution < -0.4 is 0 Å². The van der Waals surface area contributed by atoms with Crippen molar-refractivity contribution in [1.82, 2.24) is 4.90 Å². The molecule has 4 heteroatoms. The lowest BCUT2D eigenvalue weighted by Gasteiger charge is -2.43. The number of rotatable bonds is 3. The highest BCUT2D eigenvalue weighted by Crippen LogP contribution is 2.50. The molecule has 1 aliphatic heterocycles. The molecular weight excluding hydrogens is 286 g/mol. The molecular formula is C17H22ClNO2. The smallest absolute Gasteiger partial charge is 0.233 e. The van der Waals surface area contributed by atoms with Crippen LogP contribution in [0.3, 0.4) is 0 Å². The van der Waals surface area contributed by atoms with Crippen LogP contribution in [0.25, 0.3) is 0 Å². The average Bonchev–Trinajstić information content (AvgIpc) is 3.27. The number of morpholine rings is 1. The van der Waals surface area contributed by atoms with Gasteiger partial charge in [0.2, 0.25) is 5.91 Å². The van der Waals surface area contributed by atoms with Crippen molar-refractivity contribution in [2.45, 2.75) is 43.8 Å². The van der Waals surface area contributed by atoms with Gasteiger partial charge in [-0.05, 0) is 32.3 Å². The van der Waals surface area contributed by atoms with E-state index in [4.69, 9.17) is 16.3 Å². The van der Waals surface area contributed by atoms with Gasteiger partial charge in [-0.15, -0.1) is 11.6 Å². The van der Waals surface area contributed by atoms with Crippen molar-refractivity contribution in [2.75, 3.05) is 19.0 Å². The van der Waals surface area contributed by atoms with E-state index in [1.54, 1.807) is 0 Å². The number of carbonyl (C=O) groups is 1. The number of nitrogens with zero attached hydrogens (tertiary/aromatic N) is 1. The molecule has 1 heterocycles. The van der Waals surface area contributed by atoms with Crippen LogP contribution in [0.2, 0.25) is 0 Å². The third kappa shape index (κ3) is 2.82. The SMILES string of the molecule is CC1(C)CN(C(=O)C2(c3ccccc3)CC2)CC(CCl)O1. The summed E-state index contributed by atoms with van der Waals surface area (Å²) in [4.78, 5) is 15.0. The number of halogens is 1. The Kier molecular flexibility index (Phi) is 3.74. The zero-order chi connectivity index (χ0) is 15.1. The van der Waals surface area contributed by atoms with Gasteiger partial charge >= 0.3 is 0 Å². The first-order chi connectivity index (χ1) is 9.97. The molecule has 1 aliphatic carbocycles. The van der Waals surface area contributed by atoms with Crippen molar-refractivity contribution >= 4 is 17.5 Å². The van der Waals surface area contributed by atoms with E-state index >= 15 is 0 Å². The van der Waals surface area contributed by atoms with Gasteiger partial charge in [-0.1, -0.05) is 30.3 Å². The Morgan fingerprint density at radius 1 is 1.33 bits per heavy atom. The fourth-order valence-corrected chi connectivity index (χ4v) is 3.50. The van der Waals surface area contributed by atoms with Gasteiger partial charge < -0.3 is 9.64 Å². The molecule has 0 spiro atoms. The van der Waals surface area contributed by atoms with Crippen LogP contribution in [0.1, 0.15) is 32.3 Å². The highest BCUT2D eigenvalue weighted by atomic mass is 35.5. The van der Waals surface area contributed by atoms with E-state index in [9.17, 15) is 4.79 Å². The first kappa shape index (κ1) is 14.9. The number of carbonyl (C=O) groups excluding carboxylic acids is 1. The van der Waals surface area contributed by atoms with Crippen LogP contribution in [0.5, 0.6) is 0 Å². The third-order valence-electron chi connectivity index (χ3n) is 4.43. The molecule has 0 aromatic heterocycles. The first-order valence-corrected chi connectivity index (χ1v) is 8.09. The Morgan fingerprint density at radius 2 is 2.00 bits per heavy atom. The predicted octanol–water partition coefficient (Wildman–Crippen LogP) is 2.96. The lowest BCUT2D eigenvalue weighted by Crippen LogP contribution is -2.57. The summed E-state index contributed by atoms with van der Waals surface area (Å²) in [5, 5.41) is 0. The number of amides is 1. The molecule has 2 aliphatic rings. The summed E-state index contributed by atoms with van der Waals surface area (Å²) in [6, 6.07) is 10.1. The second-order valence-corrected chi connectivity index (χ2v) is 7.10. The van der Waals surface area contributed by atoms with Gasteiger partial charge in [-0.25, -0.2) is 0 Å². The van der Waals surface area contributed by atoms with E-state index in [0.717, 1.165) is 18.4 Å². The van der Waals surface area contributed by atoms with Gasteiger partial charge in [-0.2, -0.15) is 0 Å². The molecule has 2 fully saturated rings. The maximum Gasteiger partial charge on any atom is 0.233 e. The van der Waals surface area contributed by atoms with Crippen molar-refractivity contribution in [3.05, 3.63) is 35.9 Å². The molecule has 1 unspecified atom stereocenters. The Balaban J connectivity index is 1.82. The molecule has 0 N–H and O–H groups in total. The van der Waals surface area contributed by atoms with E-state index in [2.05, 4.69) is 12.1 Å². The number of benzene rings is 1. The number of hydrogen-bond acceptors (Lipinski definition) is 2. The molecule has 1 aromatic carbocycles. The van der Waals surface area contributed by atoms with Gasteiger partial charge in [-0.3, -0.25) is 4.79 Å². The van der Waals surface area contributed by atoms with Crippen molar-refractivity contribution in [3.8, 4) is 0 Å². The van der Waals surface area contributed by atoms with Crippen LogP contribution in [-0.2, 0) is 14.9 Å². The second-order valence-electron chi connectivity index (χ2n) is 6.79. The highest BCUT2D eigenvalue weighted by Gasteiger charge is 2.54. The largest absolute Gasteiger partial charge is 0.367 e. The predicted molar refractivity (Wildman–Crippen MR) is 83.6 cm³/mol. The Hall–Kier alpha value is -1.06. The standard InChI is InChI=1S/C17H22ClNO2/c1-16(2)12-19(11-14(10-18)21-16)15(20)17(8-9-17)13-6-4-3-5-7-13/h3-7,14H,8-12H2,1-2H3. The van der Waals surface area contributed by atoms with Crippen LogP contribution in [-0.4, -0.2) is 41.5 Å². The molecule has 3 nitrogen and oxygen atoms in total. The summed E-state index contributed by atoms with van der Waals surface area (Å²) in [6.07, 6.45) is 1.81. The Labute approximate surface area is 131 Å². The second kappa shape index (κ2) is 5.29. The summed E-state index contributed by atoms with van der Waals surface area (Å²) >= 11 is 5.96. The Bertz CT molecular complexity index is 525. The summed E-state index contributed by atoms with van der Waals surface area (Å²) in [7, 11) is 0. The molecule has 21 heavy (non-hydrogen) atoms. The van der Waals surface area contributed by atoms with Crippen molar-refractivity contribution < 1.29 is 9.53 Å². The van der Waals surface area contributed by atoms with Crippen LogP contribution in [0.4, 0.5) is 0 Å². The van der Waals surface area contributed by atoms with E-state index in [1.807, 2.05) is 36.9 Å². The van der Waals surface area contributed by atoms with Gasteiger partial charge in [0.15, 0.2) is 0 Å². The molecule has 1 saturated carbocycles. The number of alkyl halides is 1. The lowest BCUT2D eigenvalue weighted by molar-refractivity contribution is -0.159. The molecule has 3 rings (SSSR count). The molecule has 1 saturated heterocycles. The third-order valence-corrected chi connectivity index (χ3v) is 4.77. The molecule has 1 atom stereocenters. The van der Waals surface area contributed by atoms with E-state index < -0.39 is 0 Å². The van der Waals surface area contributed by atoms with Gasteiger partial charge in [0.25, 0.3) is 0 Å². The summed E-state index contributed by atoms with van der Waals surface area (Å²) in [5.74, 6) is 0.658. The molecule has 1 amide bonds. The summed E-state index contributed by atoms with van der Waals surface area (Å²) < 4.78 is 5.92. The number of ether oxygens (including phenoxy) is 1. The highest BCUT2D eigenvalue weighted by molar-refractivity contribution is 6.18. The molecule has 114 valence electrons. The monoisotopic (exact) mass is 307 g/mol. The van der Waals surface area contributed by atoms with Crippen LogP contribution in [0, 0.1) is 0 Å². The summed E-state index contributed by atoms with van der Waals surface area (Å²) in [5.41, 5.74) is 0.507. The number of hydrogen-bond donors (Lipinski definition) is 0. The van der Waals surface area contributed by atoms with Crippen molar-refractivity contribution in [1.29, 1.82) is 0 Å². The van der Waals surface area contributed by atoms with Gasteiger partial charge in [0.05, 0.1) is 23.0 Å². The lowest BCUT2D eigenvalue weighted by atomic mass is 9.93. The fraction of sp³-hybridized carbons (Fsp3) is 0.588. The minimum atomic E-state index is -0.333. The maximum atomic E-state index is 13.1. The van der Waals surface area contributed by atoms with E-state index in [1.165, 1.54) is 0 Å². The molecule has 0 radical (unpaired) electrons. The van der Waals surface area contributed by atoms with Crippen LogP contribution >= 0.6 is 11.6 Å². The molecule has 0 bridgehead atoms. The van der Waals surface area contributed by atoms with Crippen LogP contribution in [0.15, 0.2) is 30.3 Å². The quantitative estimate of drug-likeness (QED) is 0.804. The summed E-state index contributed by atoms with van der Waals surface area (Å²) in [6.45, 7) is 5.27. The van der Waals surface area contributed by atoms with Crippen molar-refractivity contribution in [2.24, 2.45) is 0 Å². The van der Waals surface area contributed by atoms with E-state index in [-0.39, 0.29) is 23.0 Å². The zero-order valence-corrected chi connectivity index (χ0v) is 13.4. The Morgan fingerprint density at radius 3 is 2.57 bits per heavy atom. The van der Waals surface area contributed by atoms with Gasteiger partial charge in [0.1, 0.15) is 0 Å². The first-order valence-electron chi connectivity index (χ1n) is 7.56. The average molecular weight is 308 g/mol. The fourth-order valence-electron chi connectivity index (χ4n) is 3.34. The van der Waals surface area contributed by atoms with E-state index in [0.29, 0.717) is 19.0 Å². The molecule has 1 aromatic rings. The van der Waals surface area contributed by atoms with Crippen molar-refractivity contribution in [3.63, 3.8) is 0 Å². The topological polar surface area (TPSA) is 29.5 Å². The minimum absolute atomic E-state index is 0.0778. The maximum absolute atomic E-state index is 13.1. The normalized spacial score (nSPS) is 26.4. The van der Waals surface area contributed by atoms with Gasteiger partial charge in [0, 0.05) is 13.1 Å².